The summed E-state index contributed by atoms with van der Waals surface area (Å²) in [5, 5.41) is 0. The number of benzene rings is 1. The van der Waals surface area contributed by atoms with Gasteiger partial charge in [-0.1, -0.05) is 63.6 Å². The lowest BCUT2D eigenvalue weighted by atomic mass is 10.1. The van der Waals surface area contributed by atoms with Crippen molar-refractivity contribution in [2.24, 2.45) is 0 Å². The van der Waals surface area contributed by atoms with Crippen LogP contribution in [-0.2, 0) is 0 Å². The lowest BCUT2D eigenvalue weighted by Gasteiger charge is -2.29. The Balaban J connectivity index is 0.00000361. The van der Waals surface area contributed by atoms with Crippen LogP contribution in [0.4, 0.5) is 5.69 Å². The van der Waals surface area contributed by atoms with Gasteiger partial charge in [0.2, 0.25) is 0 Å². The maximum Gasteiger partial charge on any atom is 0.132 e. The molecule has 0 bridgehead atoms. The quantitative estimate of drug-likeness (QED) is 0.452. The Hall–Kier alpha value is -0.340. The predicted octanol–water partition coefficient (Wildman–Crippen LogP) is 2.40. The van der Waals surface area contributed by atoms with Crippen LogP contribution in [0, 0.1) is 0 Å². The fraction of sp³-hybridized carbons (Fsp3) is 0.667. The van der Waals surface area contributed by atoms with Crippen LogP contribution in [0.25, 0.3) is 0 Å². The van der Waals surface area contributed by atoms with Gasteiger partial charge in [0.05, 0.1) is 20.6 Å². The zero-order valence-corrected chi connectivity index (χ0v) is 15.2. The van der Waals surface area contributed by atoms with E-state index in [1.165, 1.54) is 63.6 Å². The van der Waals surface area contributed by atoms with Gasteiger partial charge in [-0.15, -0.1) is 0 Å². The molecule has 0 N–H and O–H groups in total. The van der Waals surface area contributed by atoms with E-state index >= 15 is 0 Å². The summed E-state index contributed by atoms with van der Waals surface area (Å²) < 4.78 is 1.01. The Kier molecular flexibility index (Phi) is 11.1. The van der Waals surface area contributed by atoms with Crippen molar-refractivity contribution >= 4 is 5.69 Å². The second-order valence-electron chi connectivity index (χ2n) is 6.22. The van der Waals surface area contributed by atoms with Crippen molar-refractivity contribution in [3.05, 3.63) is 30.3 Å². The van der Waals surface area contributed by atoms with E-state index in [0.29, 0.717) is 0 Å². The van der Waals surface area contributed by atoms with E-state index in [-0.39, 0.29) is 17.0 Å². The molecule has 0 heterocycles. The Morgan fingerprint density at radius 1 is 0.750 bits per heavy atom. The first kappa shape index (κ1) is 19.7. The molecule has 0 radical (unpaired) electrons. The highest BCUT2D eigenvalue weighted by Crippen LogP contribution is 2.19. The van der Waals surface area contributed by atoms with E-state index in [2.05, 4.69) is 51.4 Å². The van der Waals surface area contributed by atoms with Gasteiger partial charge in [-0.05, 0) is 25.0 Å². The minimum Gasteiger partial charge on any atom is -1.00 e. The first-order chi connectivity index (χ1) is 9.17. The SMILES string of the molecule is CCCCCCCCCC[N+](C)(C)c1ccccc1.[Br-]. The molecule has 0 amide bonds. The van der Waals surface area contributed by atoms with Crippen LogP contribution in [0.15, 0.2) is 30.3 Å². The van der Waals surface area contributed by atoms with E-state index in [0.717, 1.165) is 4.48 Å². The smallest absolute Gasteiger partial charge is 0.132 e. The van der Waals surface area contributed by atoms with Crippen molar-refractivity contribution in [3.8, 4) is 0 Å². The number of rotatable bonds is 10. The first-order valence-corrected chi connectivity index (χ1v) is 8.05. The van der Waals surface area contributed by atoms with Crippen LogP contribution >= 0.6 is 0 Å². The van der Waals surface area contributed by atoms with Crippen molar-refractivity contribution in [3.63, 3.8) is 0 Å². The summed E-state index contributed by atoms with van der Waals surface area (Å²) in [4.78, 5) is 0. The zero-order valence-electron chi connectivity index (χ0n) is 13.6. The molecule has 0 aromatic heterocycles. The van der Waals surface area contributed by atoms with Crippen molar-refractivity contribution in [1.29, 1.82) is 0 Å². The van der Waals surface area contributed by atoms with Crippen molar-refractivity contribution < 1.29 is 17.0 Å². The van der Waals surface area contributed by atoms with Crippen molar-refractivity contribution in [1.82, 2.24) is 4.48 Å². The van der Waals surface area contributed by atoms with Gasteiger partial charge in [0.15, 0.2) is 0 Å². The molecule has 1 aromatic carbocycles. The summed E-state index contributed by atoms with van der Waals surface area (Å²) in [5.41, 5.74) is 1.42. The summed E-state index contributed by atoms with van der Waals surface area (Å²) in [6.45, 7) is 3.53. The molecular formula is C18H32BrN. The predicted molar refractivity (Wildman–Crippen MR) is 87.6 cm³/mol. The van der Waals surface area contributed by atoms with Gasteiger partial charge in [0, 0.05) is 0 Å². The van der Waals surface area contributed by atoms with Gasteiger partial charge in [-0.25, -0.2) is 0 Å². The zero-order chi connectivity index (χ0) is 14.0. The molecule has 0 fully saturated rings. The normalized spacial score (nSPS) is 11.2. The third kappa shape index (κ3) is 8.06. The summed E-state index contributed by atoms with van der Waals surface area (Å²) in [5.74, 6) is 0. The summed E-state index contributed by atoms with van der Waals surface area (Å²) in [6, 6.07) is 10.9. The van der Waals surface area contributed by atoms with E-state index in [9.17, 15) is 0 Å². The Morgan fingerprint density at radius 2 is 1.25 bits per heavy atom. The van der Waals surface area contributed by atoms with Gasteiger partial charge in [-0.3, -0.25) is 4.48 Å². The van der Waals surface area contributed by atoms with E-state index in [1.807, 2.05) is 0 Å². The van der Waals surface area contributed by atoms with Gasteiger partial charge in [0.25, 0.3) is 0 Å². The molecule has 0 aliphatic rings. The Labute approximate surface area is 136 Å². The lowest BCUT2D eigenvalue weighted by Crippen LogP contribution is -3.00. The molecular weight excluding hydrogens is 310 g/mol. The van der Waals surface area contributed by atoms with Crippen LogP contribution in [0.5, 0.6) is 0 Å². The molecule has 0 aliphatic heterocycles. The molecule has 1 aromatic rings. The standard InChI is InChI=1S/C18H32N.BrH/c1-4-5-6-7-8-9-10-14-17-19(2,3)18-15-12-11-13-16-18;/h11-13,15-16H,4-10,14,17H2,1-3H3;1H/q+1;/p-1. The van der Waals surface area contributed by atoms with Gasteiger partial charge in [-0.2, -0.15) is 0 Å². The van der Waals surface area contributed by atoms with E-state index in [1.54, 1.807) is 0 Å². The molecule has 0 atom stereocenters. The number of hydrogen-bond acceptors (Lipinski definition) is 0. The summed E-state index contributed by atoms with van der Waals surface area (Å²) >= 11 is 0. The lowest BCUT2D eigenvalue weighted by molar-refractivity contribution is -0.00000428. The second-order valence-corrected chi connectivity index (χ2v) is 6.22. The fourth-order valence-corrected chi connectivity index (χ4v) is 2.60. The molecule has 0 saturated carbocycles. The van der Waals surface area contributed by atoms with Crippen LogP contribution in [-0.4, -0.2) is 20.6 Å². The minimum absolute atomic E-state index is 0. The maximum absolute atomic E-state index is 2.32. The topological polar surface area (TPSA) is 0 Å². The second kappa shape index (κ2) is 11.3. The average Bonchev–Trinajstić information content (AvgIpc) is 2.43. The fourth-order valence-electron chi connectivity index (χ4n) is 2.60. The largest absolute Gasteiger partial charge is 1.00 e. The molecule has 0 saturated heterocycles. The Bertz CT molecular complexity index is 321. The Morgan fingerprint density at radius 3 is 1.80 bits per heavy atom. The van der Waals surface area contributed by atoms with Gasteiger partial charge >= 0.3 is 0 Å². The molecule has 2 heteroatoms. The van der Waals surface area contributed by atoms with Crippen molar-refractivity contribution in [2.75, 3.05) is 20.6 Å². The number of hydrogen-bond donors (Lipinski definition) is 0. The molecule has 20 heavy (non-hydrogen) atoms. The number of unbranched alkanes of at least 4 members (excludes halogenated alkanes) is 7. The maximum atomic E-state index is 2.32. The van der Waals surface area contributed by atoms with Crippen LogP contribution < -0.4 is 21.5 Å². The average molecular weight is 342 g/mol. The molecule has 0 aliphatic carbocycles. The first-order valence-electron chi connectivity index (χ1n) is 8.05. The van der Waals surface area contributed by atoms with Gasteiger partial charge < -0.3 is 17.0 Å². The van der Waals surface area contributed by atoms with Gasteiger partial charge in [0.1, 0.15) is 5.69 Å². The summed E-state index contributed by atoms with van der Waals surface area (Å²) in [6.07, 6.45) is 11.2. The summed E-state index contributed by atoms with van der Waals surface area (Å²) in [7, 11) is 4.63. The third-order valence-corrected chi connectivity index (χ3v) is 4.03. The highest BCUT2D eigenvalue weighted by atomic mass is 79.9. The molecule has 0 unspecified atom stereocenters. The number of halogens is 1. The number of quaternary nitrogens is 1. The van der Waals surface area contributed by atoms with Crippen LogP contribution in [0.1, 0.15) is 58.3 Å². The molecule has 116 valence electrons. The van der Waals surface area contributed by atoms with Crippen LogP contribution in [0.2, 0.25) is 0 Å². The molecule has 1 nitrogen and oxygen atoms in total. The van der Waals surface area contributed by atoms with E-state index in [4.69, 9.17) is 0 Å². The number of para-hydroxylation sites is 1. The van der Waals surface area contributed by atoms with E-state index < -0.39 is 0 Å². The van der Waals surface area contributed by atoms with Crippen molar-refractivity contribution in [2.45, 2.75) is 58.3 Å². The van der Waals surface area contributed by atoms with Crippen LogP contribution in [0.3, 0.4) is 0 Å². The minimum atomic E-state index is 0. The monoisotopic (exact) mass is 341 g/mol. The number of nitrogens with zero attached hydrogens (tertiary/aromatic N) is 1. The molecule has 0 spiro atoms. The third-order valence-electron chi connectivity index (χ3n) is 4.03. The highest BCUT2D eigenvalue weighted by Gasteiger charge is 2.17. The highest BCUT2D eigenvalue weighted by molar-refractivity contribution is 5.40. The molecule has 1 rings (SSSR count).